The Morgan fingerprint density at radius 2 is 1.94 bits per heavy atom. The summed E-state index contributed by atoms with van der Waals surface area (Å²) in [5, 5.41) is 13.2. The van der Waals surface area contributed by atoms with Gasteiger partial charge in [0.25, 0.3) is 0 Å². The lowest BCUT2D eigenvalue weighted by Gasteiger charge is -2.40. The van der Waals surface area contributed by atoms with Crippen molar-refractivity contribution in [3.8, 4) is 5.88 Å². The molecule has 6 rings (SSSR count). The van der Waals surface area contributed by atoms with Crippen LogP contribution in [0, 0.1) is 0 Å². The van der Waals surface area contributed by atoms with E-state index >= 15 is 0 Å². The maximum Gasteiger partial charge on any atom is 0.354 e. The van der Waals surface area contributed by atoms with Crippen molar-refractivity contribution in [1.82, 2.24) is 14.7 Å². The fraction of sp³-hybridized carbons (Fsp3) is 0.545. The van der Waals surface area contributed by atoms with Crippen molar-refractivity contribution in [3.05, 3.63) is 34.5 Å². The molecule has 2 aliphatic heterocycles. The van der Waals surface area contributed by atoms with E-state index in [1.54, 1.807) is 4.68 Å². The number of fused-ring (bicyclic) bond motifs is 4. The van der Waals surface area contributed by atoms with Gasteiger partial charge in [0.1, 0.15) is 11.5 Å². The Kier molecular flexibility index (Phi) is 4.78. The van der Waals surface area contributed by atoms with Crippen molar-refractivity contribution in [2.75, 3.05) is 25.0 Å². The zero-order valence-corrected chi connectivity index (χ0v) is 18.8. The molecule has 0 bridgehead atoms. The van der Waals surface area contributed by atoms with Gasteiger partial charge in [0, 0.05) is 5.69 Å². The van der Waals surface area contributed by atoms with E-state index in [-0.39, 0.29) is 10.9 Å². The summed E-state index contributed by atoms with van der Waals surface area (Å²) in [6.07, 6.45) is 9.03. The van der Waals surface area contributed by atoms with Crippen LogP contribution in [-0.2, 0) is 42.1 Å². The fourth-order valence-electron chi connectivity index (χ4n) is 5.52. The number of carbonyl (C=O) groups is 1. The van der Waals surface area contributed by atoms with E-state index in [4.69, 9.17) is 9.88 Å². The first-order valence-electron chi connectivity index (χ1n) is 11.4. The van der Waals surface area contributed by atoms with E-state index in [0.717, 1.165) is 57.3 Å². The van der Waals surface area contributed by atoms with Crippen LogP contribution in [-0.4, -0.2) is 50.7 Å². The highest BCUT2D eigenvalue weighted by Crippen LogP contribution is 2.38. The normalized spacial score (nSPS) is 23.3. The highest BCUT2D eigenvalue weighted by Gasteiger charge is 2.33. The first kappa shape index (κ1) is 20.2. The molecule has 170 valence electrons. The van der Waals surface area contributed by atoms with Gasteiger partial charge >= 0.3 is 6.03 Å². The molecule has 2 aromatic rings. The smallest absolute Gasteiger partial charge is 0.354 e. The van der Waals surface area contributed by atoms with Crippen LogP contribution >= 0.6 is 0 Å². The molecule has 2 atom stereocenters. The number of hydrogen-bond acceptors (Lipinski definition) is 5. The molecule has 1 saturated heterocycles. The summed E-state index contributed by atoms with van der Waals surface area (Å²) in [5.74, 6) is 0.351. The quantitative estimate of drug-likeness (QED) is 0.735. The highest BCUT2D eigenvalue weighted by atomic mass is 32.2. The Morgan fingerprint density at radius 3 is 2.75 bits per heavy atom. The van der Waals surface area contributed by atoms with Gasteiger partial charge in [-0.15, -0.1) is 4.36 Å². The van der Waals surface area contributed by atoms with Crippen molar-refractivity contribution < 1.29 is 13.7 Å². The van der Waals surface area contributed by atoms with Gasteiger partial charge < -0.3 is 10.1 Å². The number of nitrogens with one attached hydrogen (secondary N) is 1. The zero-order valence-electron chi connectivity index (χ0n) is 18.0. The third-order valence-corrected chi connectivity index (χ3v) is 8.57. The summed E-state index contributed by atoms with van der Waals surface area (Å²) in [6.45, 7) is 3.26. The maximum absolute atomic E-state index is 13.2. The summed E-state index contributed by atoms with van der Waals surface area (Å²) in [6, 6.07) is 1.62. The predicted molar refractivity (Wildman–Crippen MR) is 120 cm³/mol. The third kappa shape index (κ3) is 3.32. The van der Waals surface area contributed by atoms with Crippen LogP contribution in [0.3, 0.4) is 0 Å². The van der Waals surface area contributed by atoms with Crippen molar-refractivity contribution in [2.45, 2.75) is 62.4 Å². The molecule has 3 heterocycles. The average molecular weight is 457 g/mol. The van der Waals surface area contributed by atoms with Crippen molar-refractivity contribution >= 4 is 21.6 Å². The lowest BCUT2D eigenvalue weighted by atomic mass is 9.98. The summed E-state index contributed by atoms with van der Waals surface area (Å²) >= 11 is 0. The molecule has 1 aromatic carbocycles. The van der Waals surface area contributed by atoms with Crippen LogP contribution in [0.5, 0.6) is 5.88 Å². The molecule has 9 nitrogen and oxygen atoms in total. The number of aromatic nitrogens is 2. The molecule has 4 aliphatic rings. The van der Waals surface area contributed by atoms with Crippen LogP contribution in [0.1, 0.15) is 41.5 Å². The molecular weight excluding hydrogens is 428 g/mol. The minimum Gasteiger partial charge on any atom is -0.475 e. The summed E-state index contributed by atoms with van der Waals surface area (Å²) < 4.78 is 24.6. The number of ether oxygens (including phenoxy) is 1. The Morgan fingerprint density at radius 1 is 1.16 bits per heavy atom. The fourth-order valence-corrected chi connectivity index (χ4v) is 6.52. The molecular formula is C22H28N6O3S. The Balaban J connectivity index is 1.25. The molecule has 3 N–H and O–H groups in total. The van der Waals surface area contributed by atoms with E-state index in [0.29, 0.717) is 19.0 Å². The lowest BCUT2D eigenvalue weighted by Crippen LogP contribution is -2.51. The van der Waals surface area contributed by atoms with E-state index in [9.17, 15) is 9.00 Å². The zero-order chi connectivity index (χ0) is 21.9. The largest absolute Gasteiger partial charge is 0.475 e. The minimum absolute atomic E-state index is 0.175. The van der Waals surface area contributed by atoms with Gasteiger partial charge in [-0.25, -0.2) is 18.8 Å². The monoisotopic (exact) mass is 456 g/mol. The molecule has 2 unspecified atom stereocenters. The van der Waals surface area contributed by atoms with E-state index in [1.165, 1.54) is 34.9 Å². The third-order valence-electron chi connectivity index (χ3n) is 7.22. The second-order valence-electron chi connectivity index (χ2n) is 9.17. The standard InChI is InChI=1S/C22H28N6O3S/c23-32(30,20-11-24-28-12-15(13-31-21(20)28)27-8-3-9-27)26-22(29)25-19-10-14-4-1-5-16(14)17-6-2-7-18(17)19/h10-11,15H,1-9,12-13H2,(H3,23,25,26,29,30). The number of rotatable bonds is 3. The second kappa shape index (κ2) is 7.57. The van der Waals surface area contributed by atoms with Crippen LogP contribution < -0.4 is 15.2 Å². The predicted octanol–water partition coefficient (Wildman–Crippen LogP) is 2.26. The van der Waals surface area contributed by atoms with Gasteiger partial charge in [-0.05, 0) is 86.4 Å². The Hall–Kier alpha value is -2.43. The molecule has 0 radical (unpaired) electrons. The molecule has 10 heteroatoms. The number of aryl methyl sites for hydroxylation is 1. The molecule has 1 fully saturated rings. The SMILES string of the molecule is NS(=O)(=NC(=O)Nc1cc2c(c3c1CCC3)CCC2)c1cnn2c1OCC(N1CCC1)C2. The van der Waals surface area contributed by atoms with Crippen molar-refractivity contribution in [3.63, 3.8) is 0 Å². The van der Waals surface area contributed by atoms with Crippen LogP contribution in [0.4, 0.5) is 10.5 Å². The summed E-state index contributed by atoms with van der Waals surface area (Å²) in [4.78, 5) is 15.3. The topological polar surface area (TPSA) is 115 Å². The number of nitrogens with two attached hydrogens (primary N) is 1. The van der Waals surface area contributed by atoms with Gasteiger partial charge in [0.05, 0.1) is 18.8 Å². The first-order valence-corrected chi connectivity index (χ1v) is 13.0. The van der Waals surface area contributed by atoms with Gasteiger partial charge in [0.2, 0.25) is 5.88 Å². The minimum atomic E-state index is -3.49. The van der Waals surface area contributed by atoms with Crippen LogP contribution in [0.2, 0.25) is 0 Å². The molecule has 0 saturated carbocycles. The number of carbonyl (C=O) groups excluding carboxylic acids is 1. The number of anilines is 1. The van der Waals surface area contributed by atoms with Crippen LogP contribution in [0.25, 0.3) is 0 Å². The summed E-state index contributed by atoms with van der Waals surface area (Å²) in [5.41, 5.74) is 6.15. The van der Waals surface area contributed by atoms with Gasteiger partial charge in [0.15, 0.2) is 9.92 Å². The highest BCUT2D eigenvalue weighted by molar-refractivity contribution is 7.91. The van der Waals surface area contributed by atoms with Crippen molar-refractivity contribution in [2.24, 2.45) is 9.50 Å². The molecule has 2 aliphatic carbocycles. The first-order chi connectivity index (χ1) is 15.5. The van der Waals surface area contributed by atoms with E-state index in [1.807, 2.05) is 0 Å². The average Bonchev–Trinajstić information content (AvgIpc) is 3.44. The lowest BCUT2D eigenvalue weighted by molar-refractivity contribution is 0.0417. The molecule has 32 heavy (non-hydrogen) atoms. The number of likely N-dealkylation sites (tertiary alicyclic amines) is 1. The Bertz CT molecular complexity index is 1220. The number of amides is 2. The summed E-state index contributed by atoms with van der Waals surface area (Å²) in [7, 11) is -3.49. The second-order valence-corrected chi connectivity index (χ2v) is 10.9. The molecule has 0 spiro atoms. The van der Waals surface area contributed by atoms with E-state index in [2.05, 4.69) is 25.7 Å². The van der Waals surface area contributed by atoms with Crippen molar-refractivity contribution in [1.29, 1.82) is 0 Å². The number of benzene rings is 1. The van der Waals surface area contributed by atoms with E-state index < -0.39 is 15.9 Å². The molecule has 2 amide bonds. The number of nitrogens with zero attached hydrogens (tertiary/aromatic N) is 4. The molecule has 1 aromatic heterocycles. The Labute approximate surface area is 187 Å². The van der Waals surface area contributed by atoms with Gasteiger partial charge in [-0.2, -0.15) is 5.10 Å². The van der Waals surface area contributed by atoms with Crippen LogP contribution in [0.15, 0.2) is 21.5 Å². The number of hydrogen-bond donors (Lipinski definition) is 2. The maximum atomic E-state index is 13.2. The van der Waals surface area contributed by atoms with Gasteiger partial charge in [-0.1, -0.05) is 0 Å². The number of urea groups is 1. The van der Waals surface area contributed by atoms with Gasteiger partial charge in [-0.3, -0.25) is 4.90 Å².